The van der Waals surface area contributed by atoms with Crippen molar-refractivity contribution in [3.63, 3.8) is 0 Å². The van der Waals surface area contributed by atoms with E-state index in [9.17, 15) is 4.79 Å². The third-order valence-corrected chi connectivity index (χ3v) is 4.97. The molecule has 1 N–H and O–H groups in total. The standard InChI is InChI=1S/C18H16BrN3OS/c1-10-7-11(2)15(12(3)8-10)17-21-22-18(24-17)20-16(23)13-5-4-6-14(19)9-13/h4-9H,1-3H3,(H,20,22,23). The maximum Gasteiger partial charge on any atom is 0.257 e. The van der Waals surface area contributed by atoms with Crippen LogP contribution in [0.4, 0.5) is 5.13 Å². The van der Waals surface area contributed by atoms with Crippen LogP contribution < -0.4 is 5.32 Å². The molecule has 4 nitrogen and oxygen atoms in total. The third kappa shape index (κ3) is 3.55. The lowest BCUT2D eigenvalue weighted by Crippen LogP contribution is -2.11. The highest BCUT2D eigenvalue weighted by molar-refractivity contribution is 9.10. The molecule has 2 aromatic carbocycles. The minimum atomic E-state index is -0.198. The third-order valence-electron chi connectivity index (χ3n) is 3.62. The van der Waals surface area contributed by atoms with Crippen molar-refractivity contribution in [1.82, 2.24) is 10.2 Å². The molecule has 0 saturated heterocycles. The van der Waals surface area contributed by atoms with Crippen molar-refractivity contribution < 1.29 is 4.79 Å². The summed E-state index contributed by atoms with van der Waals surface area (Å²) in [7, 11) is 0. The molecule has 24 heavy (non-hydrogen) atoms. The molecule has 0 aliphatic rings. The lowest BCUT2D eigenvalue weighted by molar-refractivity contribution is 0.102. The van der Waals surface area contributed by atoms with Gasteiger partial charge in [0.1, 0.15) is 5.01 Å². The zero-order valence-corrected chi connectivity index (χ0v) is 16.0. The van der Waals surface area contributed by atoms with Gasteiger partial charge in [0.05, 0.1) is 0 Å². The number of anilines is 1. The van der Waals surface area contributed by atoms with Crippen LogP contribution in [0.25, 0.3) is 10.6 Å². The molecule has 6 heteroatoms. The number of benzene rings is 2. The number of hydrogen-bond donors (Lipinski definition) is 1. The summed E-state index contributed by atoms with van der Waals surface area (Å²) in [5.74, 6) is -0.198. The van der Waals surface area contributed by atoms with Crippen molar-refractivity contribution in [2.45, 2.75) is 20.8 Å². The average molecular weight is 402 g/mol. The number of aromatic nitrogens is 2. The number of halogens is 1. The van der Waals surface area contributed by atoms with Crippen molar-refractivity contribution in [2.24, 2.45) is 0 Å². The molecule has 1 aromatic heterocycles. The quantitative estimate of drug-likeness (QED) is 0.660. The average Bonchev–Trinajstić information content (AvgIpc) is 2.94. The minimum Gasteiger partial charge on any atom is -0.296 e. The Kier molecular flexibility index (Phi) is 4.78. The number of aryl methyl sites for hydroxylation is 3. The number of hydrogen-bond acceptors (Lipinski definition) is 4. The van der Waals surface area contributed by atoms with Crippen LogP contribution in [0.5, 0.6) is 0 Å². The lowest BCUT2D eigenvalue weighted by atomic mass is 10.0. The Morgan fingerprint density at radius 1 is 1.08 bits per heavy atom. The summed E-state index contributed by atoms with van der Waals surface area (Å²) in [4.78, 5) is 12.3. The van der Waals surface area contributed by atoms with E-state index in [1.807, 2.05) is 12.1 Å². The van der Waals surface area contributed by atoms with E-state index in [1.54, 1.807) is 12.1 Å². The SMILES string of the molecule is Cc1cc(C)c(-c2nnc(NC(=O)c3cccc(Br)c3)s2)c(C)c1. The lowest BCUT2D eigenvalue weighted by Gasteiger charge is -2.07. The molecule has 0 aliphatic carbocycles. The highest BCUT2D eigenvalue weighted by atomic mass is 79.9. The molecule has 0 saturated carbocycles. The van der Waals surface area contributed by atoms with Crippen molar-refractivity contribution in [3.8, 4) is 10.6 Å². The first-order valence-electron chi connectivity index (χ1n) is 7.42. The number of rotatable bonds is 3. The molecule has 0 fully saturated rings. The summed E-state index contributed by atoms with van der Waals surface area (Å²) in [6.45, 7) is 6.21. The fourth-order valence-electron chi connectivity index (χ4n) is 2.69. The number of carbonyl (C=O) groups excluding carboxylic acids is 1. The van der Waals surface area contributed by atoms with E-state index >= 15 is 0 Å². The zero-order chi connectivity index (χ0) is 17.3. The van der Waals surface area contributed by atoms with Gasteiger partial charge in [-0.1, -0.05) is 51.0 Å². The number of nitrogens with one attached hydrogen (secondary N) is 1. The van der Waals surface area contributed by atoms with Gasteiger partial charge < -0.3 is 0 Å². The van der Waals surface area contributed by atoms with Gasteiger partial charge in [-0.25, -0.2) is 0 Å². The fraction of sp³-hybridized carbons (Fsp3) is 0.167. The normalized spacial score (nSPS) is 10.7. The largest absolute Gasteiger partial charge is 0.296 e. The monoisotopic (exact) mass is 401 g/mol. The van der Waals surface area contributed by atoms with Gasteiger partial charge in [0.15, 0.2) is 0 Å². The summed E-state index contributed by atoms with van der Waals surface area (Å²) in [5.41, 5.74) is 5.20. The van der Waals surface area contributed by atoms with Gasteiger partial charge in [-0.2, -0.15) is 0 Å². The van der Waals surface area contributed by atoms with E-state index in [2.05, 4.69) is 64.3 Å². The van der Waals surface area contributed by atoms with Crippen LogP contribution in [-0.4, -0.2) is 16.1 Å². The van der Waals surface area contributed by atoms with E-state index in [-0.39, 0.29) is 5.91 Å². The van der Waals surface area contributed by atoms with Crippen LogP contribution in [-0.2, 0) is 0 Å². The van der Waals surface area contributed by atoms with Crippen molar-refractivity contribution in [3.05, 3.63) is 63.1 Å². The van der Waals surface area contributed by atoms with Crippen LogP contribution >= 0.6 is 27.3 Å². The Labute approximate surface area is 153 Å². The van der Waals surface area contributed by atoms with E-state index in [0.29, 0.717) is 10.7 Å². The highest BCUT2D eigenvalue weighted by Gasteiger charge is 2.14. The van der Waals surface area contributed by atoms with E-state index in [0.717, 1.165) is 26.2 Å². The molecular weight excluding hydrogens is 386 g/mol. The van der Waals surface area contributed by atoms with Gasteiger partial charge in [-0.15, -0.1) is 10.2 Å². The Hall–Kier alpha value is -2.05. The topological polar surface area (TPSA) is 54.9 Å². The molecule has 0 spiro atoms. The number of carbonyl (C=O) groups is 1. The second kappa shape index (κ2) is 6.83. The number of amides is 1. The Morgan fingerprint density at radius 2 is 1.79 bits per heavy atom. The molecule has 0 radical (unpaired) electrons. The zero-order valence-electron chi connectivity index (χ0n) is 13.6. The second-order valence-corrected chi connectivity index (χ2v) is 7.54. The van der Waals surface area contributed by atoms with Crippen molar-refractivity contribution in [2.75, 3.05) is 5.32 Å². The summed E-state index contributed by atoms with van der Waals surface area (Å²) in [6.07, 6.45) is 0. The van der Waals surface area contributed by atoms with Crippen molar-refractivity contribution in [1.29, 1.82) is 0 Å². The minimum absolute atomic E-state index is 0.198. The molecule has 1 amide bonds. The first-order chi connectivity index (χ1) is 11.4. The van der Waals surface area contributed by atoms with Gasteiger partial charge in [0.2, 0.25) is 5.13 Å². The molecule has 0 atom stereocenters. The Balaban J connectivity index is 1.85. The molecule has 3 rings (SSSR count). The van der Waals surface area contributed by atoms with E-state index in [4.69, 9.17) is 0 Å². The Morgan fingerprint density at radius 3 is 2.46 bits per heavy atom. The molecule has 1 heterocycles. The molecule has 0 aliphatic heterocycles. The molecule has 3 aromatic rings. The van der Waals surface area contributed by atoms with Crippen LogP contribution in [0, 0.1) is 20.8 Å². The van der Waals surface area contributed by atoms with Crippen LogP contribution in [0.2, 0.25) is 0 Å². The van der Waals surface area contributed by atoms with Crippen molar-refractivity contribution >= 4 is 38.3 Å². The smallest absolute Gasteiger partial charge is 0.257 e. The first kappa shape index (κ1) is 16.8. The van der Waals surface area contributed by atoms with Gasteiger partial charge in [-0.05, 0) is 50.1 Å². The van der Waals surface area contributed by atoms with Gasteiger partial charge in [0.25, 0.3) is 5.91 Å². The molecular formula is C18H16BrN3OS. The molecule has 0 bridgehead atoms. The summed E-state index contributed by atoms with van der Waals surface area (Å²) in [5, 5.41) is 12.5. The maximum atomic E-state index is 12.3. The van der Waals surface area contributed by atoms with Crippen LogP contribution in [0.15, 0.2) is 40.9 Å². The first-order valence-corrected chi connectivity index (χ1v) is 9.03. The summed E-state index contributed by atoms with van der Waals surface area (Å²) in [6, 6.07) is 11.5. The second-order valence-electron chi connectivity index (χ2n) is 5.65. The van der Waals surface area contributed by atoms with Crippen LogP contribution in [0.3, 0.4) is 0 Å². The van der Waals surface area contributed by atoms with E-state index < -0.39 is 0 Å². The molecule has 122 valence electrons. The summed E-state index contributed by atoms with van der Waals surface area (Å²) < 4.78 is 0.860. The number of nitrogens with zero attached hydrogens (tertiary/aromatic N) is 2. The Bertz CT molecular complexity index is 897. The molecule has 0 unspecified atom stereocenters. The predicted octanol–water partition coefficient (Wildman–Crippen LogP) is 5.15. The van der Waals surface area contributed by atoms with E-state index in [1.165, 1.54) is 16.9 Å². The fourth-order valence-corrected chi connectivity index (χ4v) is 4.00. The van der Waals surface area contributed by atoms with Crippen LogP contribution in [0.1, 0.15) is 27.0 Å². The maximum absolute atomic E-state index is 12.3. The van der Waals surface area contributed by atoms with Gasteiger partial charge in [-0.3, -0.25) is 10.1 Å². The predicted molar refractivity (Wildman–Crippen MR) is 102 cm³/mol. The highest BCUT2D eigenvalue weighted by Crippen LogP contribution is 2.32. The van der Waals surface area contributed by atoms with Gasteiger partial charge in [0, 0.05) is 15.6 Å². The summed E-state index contributed by atoms with van der Waals surface area (Å²) >= 11 is 4.75. The van der Waals surface area contributed by atoms with Gasteiger partial charge >= 0.3 is 0 Å².